The van der Waals surface area contributed by atoms with E-state index in [4.69, 9.17) is 12.2 Å². The fourth-order valence-corrected chi connectivity index (χ4v) is 5.28. The van der Waals surface area contributed by atoms with E-state index in [1.54, 1.807) is 16.7 Å². The first-order chi connectivity index (χ1) is 12.7. The highest BCUT2D eigenvalue weighted by atomic mass is 32.2. The number of thiocarbonyl (C=S) groups is 1. The summed E-state index contributed by atoms with van der Waals surface area (Å²) in [6.07, 6.45) is 3.90. The summed E-state index contributed by atoms with van der Waals surface area (Å²) >= 11 is 8.36. The Labute approximate surface area is 166 Å². The highest BCUT2D eigenvalue weighted by Crippen LogP contribution is 2.49. The Morgan fingerprint density at radius 3 is 2.46 bits per heavy atom. The van der Waals surface area contributed by atoms with Crippen molar-refractivity contribution >= 4 is 57.3 Å². The number of nitrogens with zero attached hydrogens (tertiary/aromatic N) is 2. The van der Waals surface area contributed by atoms with Crippen LogP contribution in [0.3, 0.4) is 0 Å². The van der Waals surface area contributed by atoms with Gasteiger partial charge in [-0.15, -0.1) is 0 Å². The van der Waals surface area contributed by atoms with Gasteiger partial charge in [0.25, 0.3) is 5.91 Å². The second kappa shape index (κ2) is 7.31. The molecule has 2 aromatic carbocycles. The van der Waals surface area contributed by atoms with Crippen LogP contribution >= 0.6 is 35.7 Å². The van der Waals surface area contributed by atoms with Gasteiger partial charge in [0, 0.05) is 17.1 Å². The van der Waals surface area contributed by atoms with Crippen molar-refractivity contribution in [1.29, 1.82) is 0 Å². The zero-order valence-electron chi connectivity index (χ0n) is 14.1. The lowest BCUT2D eigenvalue weighted by Gasteiger charge is -2.20. The van der Waals surface area contributed by atoms with Gasteiger partial charge in [-0.3, -0.25) is 9.69 Å². The zero-order chi connectivity index (χ0) is 18.1. The van der Waals surface area contributed by atoms with Gasteiger partial charge in [0.05, 0.1) is 15.6 Å². The third kappa shape index (κ3) is 3.09. The number of fused-ring (bicyclic) bond motifs is 1. The minimum absolute atomic E-state index is 0.00822. The van der Waals surface area contributed by atoms with Gasteiger partial charge < -0.3 is 4.90 Å². The minimum Gasteiger partial charge on any atom is -0.303 e. The third-order valence-electron chi connectivity index (χ3n) is 4.12. The lowest BCUT2D eigenvalue weighted by atomic mass is 10.2. The number of hydrogen-bond acceptors (Lipinski definition) is 5. The second-order valence-electron chi connectivity index (χ2n) is 5.69. The molecule has 0 bridgehead atoms. The average Bonchev–Trinajstić information content (AvgIpc) is 3.17. The number of carbonyl (C=O) groups is 1. The van der Waals surface area contributed by atoms with E-state index in [2.05, 4.69) is 29.2 Å². The summed E-state index contributed by atoms with van der Waals surface area (Å²) in [5.41, 5.74) is 2.26. The van der Waals surface area contributed by atoms with Crippen LogP contribution in [0.5, 0.6) is 0 Å². The lowest BCUT2D eigenvalue weighted by molar-refractivity contribution is -0.122. The van der Waals surface area contributed by atoms with Crippen LogP contribution in [-0.2, 0) is 4.79 Å². The van der Waals surface area contributed by atoms with Gasteiger partial charge >= 0.3 is 0 Å². The third-order valence-corrected chi connectivity index (χ3v) is 6.61. The molecule has 2 aromatic rings. The van der Waals surface area contributed by atoms with Gasteiger partial charge in [0.2, 0.25) is 0 Å². The van der Waals surface area contributed by atoms with E-state index in [1.165, 1.54) is 16.7 Å². The van der Waals surface area contributed by atoms with Crippen LogP contribution in [-0.4, -0.2) is 21.7 Å². The summed E-state index contributed by atoms with van der Waals surface area (Å²) in [6.45, 7) is 2.54. The molecule has 26 heavy (non-hydrogen) atoms. The van der Waals surface area contributed by atoms with E-state index in [0.717, 1.165) is 16.4 Å². The molecule has 130 valence electrons. The number of benzene rings is 2. The number of anilines is 2. The van der Waals surface area contributed by atoms with Crippen molar-refractivity contribution in [3.05, 3.63) is 76.7 Å². The normalized spacial score (nSPS) is 19.7. The highest BCUT2D eigenvalue weighted by molar-refractivity contribution is 8.26. The number of para-hydroxylation sites is 2. The molecular weight excluding hydrogens is 380 g/mol. The Morgan fingerprint density at radius 1 is 1.00 bits per heavy atom. The van der Waals surface area contributed by atoms with E-state index in [0.29, 0.717) is 15.8 Å². The highest BCUT2D eigenvalue weighted by Gasteiger charge is 2.31. The van der Waals surface area contributed by atoms with Crippen LogP contribution in [0.15, 0.2) is 81.6 Å². The summed E-state index contributed by atoms with van der Waals surface area (Å²) in [5.74, 6) is -0.00822. The first-order valence-corrected chi connectivity index (χ1v) is 10.3. The molecule has 0 saturated carbocycles. The summed E-state index contributed by atoms with van der Waals surface area (Å²) in [6, 6.07) is 18.6. The summed E-state index contributed by atoms with van der Waals surface area (Å²) in [4.78, 5) is 18.2. The van der Waals surface area contributed by atoms with Crippen LogP contribution in [0.25, 0.3) is 0 Å². The number of carbonyl (C=O) groups excluding carboxylic acids is 1. The first-order valence-electron chi connectivity index (χ1n) is 8.26. The Kier molecular flexibility index (Phi) is 4.89. The Bertz CT molecular complexity index is 937. The van der Waals surface area contributed by atoms with Gasteiger partial charge in [-0.2, -0.15) is 0 Å². The molecule has 3 nitrogen and oxygen atoms in total. The molecule has 1 amide bonds. The predicted octanol–water partition coefficient (Wildman–Crippen LogP) is 5.54. The van der Waals surface area contributed by atoms with Crippen LogP contribution in [0, 0.1) is 0 Å². The Balaban J connectivity index is 1.72. The van der Waals surface area contributed by atoms with Crippen LogP contribution in [0.4, 0.5) is 11.4 Å². The molecule has 1 saturated heterocycles. The predicted molar refractivity (Wildman–Crippen MR) is 115 cm³/mol. The molecule has 4 rings (SSSR count). The smallest absolute Gasteiger partial charge is 0.266 e. The maximum absolute atomic E-state index is 12.4. The van der Waals surface area contributed by atoms with Crippen LogP contribution in [0.1, 0.15) is 6.92 Å². The van der Waals surface area contributed by atoms with Crippen LogP contribution < -0.4 is 4.90 Å². The molecule has 6 heteroatoms. The van der Waals surface area contributed by atoms with Gasteiger partial charge in [-0.05, 0) is 43.3 Å². The molecule has 0 aliphatic carbocycles. The van der Waals surface area contributed by atoms with Crippen molar-refractivity contribution in [2.75, 3.05) is 11.4 Å². The topological polar surface area (TPSA) is 23.6 Å². The monoisotopic (exact) mass is 396 g/mol. The molecule has 0 atom stereocenters. The zero-order valence-corrected chi connectivity index (χ0v) is 16.5. The van der Waals surface area contributed by atoms with E-state index in [1.807, 2.05) is 49.4 Å². The molecular formula is C20H16N2OS3. The number of thioether (sulfide) groups is 2. The Hall–Kier alpha value is -2.02. The van der Waals surface area contributed by atoms with Gasteiger partial charge in [-0.25, -0.2) is 0 Å². The van der Waals surface area contributed by atoms with Crippen LogP contribution in [0.2, 0.25) is 0 Å². The number of rotatable bonds is 3. The molecule has 0 radical (unpaired) electrons. The van der Waals surface area contributed by atoms with E-state index in [9.17, 15) is 4.79 Å². The van der Waals surface area contributed by atoms with Gasteiger partial charge in [0.1, 0.15) is 4.32 Å². The molecule has 0 aromatic heterocycles. The summed E-state index contributed by atoms with van der Waals surface area (Å²) < 4.78 is 0.629. The molecule has 0 spiro atoms. The number of hydrogen-bond donors (Lipinski definition) is 0. The minimum atomic E-state index is -0.00822. The van der Waals surface area contributed by atoms with Gasteiger partial charge in [-0.1, -0.05) is 66.1 Å². The largest absolute Gasteiger partial charge is 0.303 e. The maximum Gasteiger partial charge on any atom is 0.266 e. The number of likely N-dealkylation sites (N-methyl/N-ethyl adjacent to an activating group) is 1. The molecule has 0 unspecified atom stereocenters. The number of allylic oxidation sites excluding steroid dienone is 2. The van der Waals surface area contributed by atoms with Crippen molar-refractivity contribution in [1.82, 2.24) is 4.90 Å². The van der Waals surface area contributed by atoms with Crippen molar-refractivity contribution in [2.45, 2.75) is 11.8 Å². The number of amides is 1. The average molecular weight is 397 g/mol. The van der Waals surface area contributed by atoms with Crippen molar-refractivity contribution in [3.8, 4) is 0 Å². The fourth-order valence-electron chi connectivity index (χ4n) is 2.89. The van der Waals surface area contributed by atoms with E-state index < -0.39 is 0 Å². The molecule has 2 heterocycles. The van der Waals surface area contributed by atoms with E-state index in [-0.39, 0.29) is 5.91 Å². The van der Waals surface area contributed by atoms with Crippen molar-refractivity contribution in [3.63, 3.8) is 0 Å². The molecule has 1 fully saturated rings. The summed E-state index contributed by atoms with van der Waals surface area (Å²) in [7, 11) is 0. The maximum atomic E-state index is 12.4. The molecule has 2 aliphatic rings. The van der Waals surface area contributed by atoms with Crippen molar-refractivity contribution in [2.24, 2.45) is 0 Å². The standard InChI is InChI=1S/C20H16N2OS3/c1-2-21-19(23)17(26-20(21)24)12-13-18-22(14-8-4-3-5-9-14)15-10-6-7-11-16(15)25-18/h3-13H,2H2,1H3/b17-12+,18-13-. The van der Waals surface area contributed by atoms with Gasteiger partial charge in [0.15, 0.2) is 0 Å². The van der Waals surface area contributed by atoms with E-state index >= 15 is 0 Å². The van der Waals surface area contributed by atoms with Crippen molar-refractivity contribution < 1.29 is 4.79 Å². The Morgan fingerprint density at radius 2 is 1.73 bits per heavy atom. The summed E-state index contributed by atoms with van der Waals surface area (Å²) in [5, 5.41) is 1.07. The SMILES string of the molecule is CCN1C(=O)/C(=C\C=C2/Sc3ccccc3N2c2ccccc2)SC1=S. The molecule has 0 N–H and O–H groups in total. The first kappa shape index (κ1) is 17.4. The molecule has 2 aliphatic heterocycles. The fraction of sp³-hybridized carbons (Fsp3) is 0.100. The second-order valence-corrected chi connectivity index (χ2v) is 8.43. The lowest BCUT2D eigenvalue weighted by Crippen LogP contribution is -2.27. The quantitative estimate of drug-likeness (QED) is 0.501.